The van der Waals surface area contributed by atoms with Crippen molar-refractivity contribution in [3.8, 4) is 0 Å². The summed E-state index contributed by atoms with van der Waals surface area (Å²) in [7, 11) is 0. The molecule has 0 bridgehead atoms. The van der Waals surface area contributed by atoms with Gasteiger partial charge in [0.05, 0.1) is 0 Å². The summed E-state index contributed by atoms with van der Waals surface area (Å²) in [4.78, 5) is 10.9. The SMILES string of the molecule is CC(=O)/C=C(\C)c1cccc(Br)c1C. The van der Waals surface area contributed by atoms with Gasteiger partial charge in [0, 0.05) is 4.47 Å². The molecule has 74 valence electrons. The number of rotatable bonds is 2. The molecule has 0 saturated carbocycles. The van der Waals surface area contributed by atoms with E-state index < -0.39 is 0 Å². The fourth-order valence-electron chi connectivity index (χ4n) is 1.42. The number of ketones is 1. The third-order valence-electron chi connectivity index (χ3n) is 2.11. The normalized spacial score (nSPS) is 11.6. The van der Waals surface area contributed by atoms with Crippen LogP contribution in [0.1, 0.15) is 25.0 Å². The number of hydrogen-bond acceptors (Lipinski definition) is 1. The average molecular weight is 253 g/mol. The predicted octanol–water partition coefficient (Wildman–Crippen LogP) is 3.75. The Labute approximate surface area is 93.0 Å². The summed E-state index contributed by atoms with van der Waals surface area (Å²) < 4.78 is 1.08. The maximum absolute atomic E-state index is 10.9. The fourth-order valence-corrected chi connectivity index (χ4v) is 1.78. The Morgan fingerprint density at radius 1 is 1.36 bits per heavy atom. The van der Waals surface area contributed by atoms with Crippen molar-refractivity contribution in [2.45, 2.75) is 20.8 Å². The van der Waals surface area contributed by atoms with Crippen molar-refractivity contribution in [1.29, 1.82) is 0 Å². The van der Waals surface area contributed by atoms with Crippen molar-refractivity contribution >= 4 is 27.3 Å². The lowest BCUT2D eigenvalue weighted by atomic mass is 10.0. The standard InChI is InChI=1S/C12H13BrO/c1-8(7-9(2)14)11-5-4-6-12(13)10(11)3/h4-7H,1-3H3/b8-7+. The second-order valence-electron chi connectivity index (χ2n) is 3.35. The lowest BCUT2D eigenvalue weighted by molar-refractivity contribution is -0.112. The molecule has 1 aromatic rings. The van der Waals surface area contributed by atoms with E-state index in [4.69, 9.17) is 0 Å². The molecule has 0 spiro atoms. The van der Waals surface area contributed by atoms with E-state index in [-0.39, 0.29) is 5.78 Å². The van der Waals surface area contributed by atoms with Crippen LogP contribution in [0.2, 0.25) is 0 Å². The minimum atomic E-state index is 0.0851. The maximum Gasteiger partial charge on any atom is 0.152 e. The zero-order valence-corrected chi connectivity index (χ0v) is 10.2. The topological polar surface area (TPSA) is 17.1 Å². The van der Waals surface area contributed by atoms with Gasteiger partial charge in [-0.1, -0.05) is 28.1 Å². The first kappa shape index (κ1) is 11.2. The first-order valence-electron chi connectivity index (χ1n) is 4.46. The van der Waals surface area contributed by atoms with Crippen molar-refractivity contribution in [3.63, 3.8) is 0 Å². The van der Waals surface area contributed by atoms with Crippen molar-refractivity contribution < 1.29 is 4.79 Å². The number of hydrogen-bond donors (Lipinski definition) is 0. The molecule has 0 unspecified atom stereocenters. The minimum absolute atomic E-state index is 0.0851. The fraction of sp³-hybridized carbons (Fsp3) is 0.250. The second-order valence-corrected chi connectivity index (χ2v) is 4.20. The van der Waals surface area contributed by atoms with Gasteiger partial charge in [-0.05, 0) is 49.6 Å². The van der Waals surface area contributed by atoms with E-state index in [1.165, 1.54) is 5.56 Å². The number of halogens is 1. The van der Waals surface area contributed by atoms with E-state index in [0.717, 1.165) is 15.6 Å². The van der Waals surface area contributed by atoms with Crippen LogP contribution < -0.4 is 0 Å². The van der Waals surface area contributed by atoms with Crippen LogP contribution in [0, 0.1) is 6.92 Å². The Morgan fingerprint density at radius 3 is 2.57 bits per heavy atom. The van der Waals surface area contributed by atoms with Crippen molar-refractivity contribution in [1.82, 2.24) is 0 Å². The van der Waals surface area contributed by atoms with Crippen molar-refractivity contribution in [2.24, 2.45) is 0 Å². The third kappa shape index (κ3) is 2.55. The van der Waals surface area contributed by atoms with Crippen LogP contribution in [0.4, 0.5) is 0 Å². The van der Waals surface area contributed by atoms with Crippen LogP contribution in [0.3, 0.4) is 0 Å². The Kier molecular flexibility index (Phi) is 3.64. The van der Waals surface area contributed by atoms with Gasteiger partial charge in [0.15, 0.2) is 5.78 Å². The smallest absolute Gasteiger partial charge is 0.152 e. The first-order valence-corrected chi connectivity index (χ1v) is 5.26. The quantitative estimate of drug-likeness (QED) is 0.733. The molecule has 0 saturated heterocycles. The van der Waals surface area contributed by atoms with Crippen LogP contribution in [0.15, 0.2) is 28.7 Å². The molecular weight excluding hydrogens is 240 g/mol. The summed E-state index contributed by atoms with van der Waals surface area (Å²) in [5.41, 5.74) is 3.30. The molecule has 0 fully saturated rings. The summed E-state index contributed by atoms with van der Waals surface area (Å²) in [6.45, 7) is 5.56. The Balaban J connectivity index is 3.20. The highest BCUT2D eigenvalue weighted by Crippen LogP contribution is 2.24. The van der Waals surface area contributed by atoms with Gasteiger partial charge >= 0.3 is 0 Å². The van der Waals surface area contributed by atoms with E-state index in [0.29, 0.717) is 0 Å². The number of allylic oxidation sites excluding steroid dienone is 2. The molecule has 1 rings (SSSR count). The predicted molar refractivity (Wildman–Crippen MR) is 63.2 cm³/mol. The van der Waals surface area contributed by atoms with Gasteiger partial charge in [-0.15, -0.1) is 0 Å². The van der Waals surface area contributed by atoms with Gasteiger partial charge < -0.3 is 0 Å². The molecule has 0 aliphatic rings. The highest BCUT2D eigenvalue weighted by atomic mass is 79.9. The average Bonchev–Trinajstić information content (AvgIpc) is 2.08. The van der Waals surface area contributed by atoms with Gasteiger partial charge in [0.2, 0.25) is 0 Å². The van der Waals surface area contributed by atoms with Gasteiger partial charge in [-0.25, -0.2) is 0 Å². The number of carbonyl (C=O) groups excluding carboxylic acids is 1. The van der Waals surface area contributed by atoms with E-state index in [1.54, 1.807) is 13.0 Å². The molecule has 0 heterocycles. The van der Waals surface area contributed by atoms with E-state index in [9.17, 15) is 4.79 Å². The Hall–Kier alpha value is -0.890. The molecule has 2 heteroatoms. The highest BCUT2D eigenvalue weighted by molar-refractivity contribution is 9.10. The van der Waals surface area contributed by atoms with E-state index in [2.05, 4.69) is 15.9 Å². The molecule has 0 radical (unpaired) electrons. The largest absolute Gasteiger partial charge is 0.295 e. The lowest BCUT2D eigenvalue weighted by Gasteiger charge is -2.07. The summed E-state index contributed by atoms with van der Waals surface area (Å²) in [5.74, 6) is 0.0851. The van der Waals surface area contributed by atoms with Gasteiger partial charge in [-0.3, -0.25) is 4.79 Å². The summed E-state index contributed by atoms with van der Waals surface area (Å²) in [6.07, 6.45) is 1.66. The Bertz CT molecular complexity index is 391. The summed E-state index contributed by atoms with van der Waals surface area (Å²) in [6, 6.07) is 6.00. The van der Waals surface area contributed by atoms with Gasteiger partial charge in [0.25, 0.3) is 0 Å². The molecule has 0 N–H and O–H groups in total. The van der Waals surface area contributed by atoms with Gasteiger partial charge in [0.1, 0.15) is 0 Å². The monoisotopic (exact) mass is 252 g/mol. The first-order chi connectivity index (χ1) is 6.52. The lowest BCUT2D eigenvalue weighted by Crippen LogP contribution is -1.90. The van der Waals surface area contributed by atoms with Crippen molar-refractivity contribution in [2.75, 3.05) is 0 Å². The van der Waals surface area contributed by atoms with Crippen LogP contribution in [0.5, 0.6) is 0 Å². The molecule has 0 aromatic heterocycles. The Morgan fingerprint density at radius 2 is 2.00 bits per heavy atom. The highest BCUT2D eigenvalue weighted by Gasteiger charge is 2.03. The van der Waals surface area contributed by atoms with E-state index >= 15 is 0 Å². The number of carbonyl (C=O) groups is 1. The molecule has 0 atom stereocenters. The van der Waals surface area contributed by atoms with Crippen molar-refractivity contribution in [3.05, 3.63) is 39.9 Å². The second kappa shape index (κ2) is 4.56. The maximum atomic E-state index is 10.9. The molecular formula is C12H13BrO. The van der Waals surface area contributed by atoms with Gasteiger partial charge in [-0.2, -0.15) is 0 Å². The van der Waals surface area contributed by atoms with Crippen LogP contribution >= 0.6 is 15.9 Å². The van der Waals surface area contributed by atoms with Crippen LogP contribution in [-0.2, 0) is 4.79 Å². The zero-order valence-electron chi connectivity index (χ0n) is 8.60. The molecule has 0 aliphatic carbocycles. The minimum Gasteiger partial charge on any atom is -0.295 e. The summed E-state index contributed by atoms with van der Waals surface area (Å²) >= 11 is 3.47. The molecule has 0 amide bonds. The number of benzene rings is 1. The van der Waals surface area contributed by atoms with Crippen LogP contribution in [0.25, 0.3) is 5.57 Å². The summed E-state index contributed by atoms with van der Waals surface area (Å²) in [5, 5.41) is 0. The third-order valence-corrected chi connectivity index (χ3v) is 2.97. The molecule has 14 heavy (non-hydrogen) atoms. The van der Waals surface area contributed by atoms with Crippen LogP contribution in [-0.4, -0.2) is 5.78 Å². The van der Waals surface area contributed by atoms with E-state index in [1.807, 2.05) is 32.0 Å². The molecule has 1 nitrogen and oxygen atoms in total. The molecule has 0 aliphatic heterocycles. The molecule has 1 aromatic carbocycles. The zero-order chi connectivity index (χ0) is 10.7.